The van der Waals surface area contributed by atoms with Gasteiger partial charge in [-0.05, 0) is 30.9 Å². The number of piperidine rings is 1. The van der Waals surface area contributed by atoms with E-state index in [1.807, 2.05) is 17.0 Å². The quantitative estimate of drug-likeness (QED) is 0.717. The van der Waals surface area contributed by atoms with Crippen molar-refractivity contribution < 1.29 is 17.9 Å². The Hall–Kier alpha value is -2.10. The highest BCUT2D eigenvalue weighted by atomic mass is 35.5. The van der Waals surface area contributed by atoms with Crippen molar-refractivity contribution in [2.45, 2.75) is 49.3 Å². The van der Waals surface area contributed by atoms with Crippen LogP contribution < -0.4 is 0 Å². The van der Waals surface area contributed by atoms with E-state index < -0.39 is 10.0 Å². The minimum absolute atomic E-state index is 0.0597. The molecule has 2 fully saturated rings. The van der Waals surface area contributed by atoms with Gasteiger partial charge in [0.2, 0.25) is 10.0 Å². The van der Waals surface area contributed by atoms with E-state index in [2.05, 4.69) is 17.2 Å². The lowest BCUT2D eigenvalue weighted by atomic mass is 10.00. The Morgan fingerprint density at radius 3 is 2.57 bits per heavy atom. The van der Waals surface area contributed by atoms with Crippen LogP contribution in [-0.4, -0.2) is 58.7 Å². The Balaban J connectivity index is 1.36. The average Bonchev–Trinajstić information content (AvgIpc) is 3.30. The normalized spacial score (nSPS) is 24.8. The number of aromatic nitrogens is 2. The predicted molar refractivity (Wildman–Crippen MR) is 110 cm³/mol. The number of aryl methyl sites for hydroxylation is 2. The van der Waals surface area contributed by atoms with Crippen molar-refractivity contribution in [3.05, 3.63) is 46.2 Å². The second-order valence-electron chi connectivity index (χ2n) is 8.14. The summed E-state index contributed by atoms with van der Waals surface area (Å²) in [5.41, 5.74) is 2.74. The third-order valence-corrected chi connectivity index (χ3v) is 9.02. The number of halogens is 1. The SMILES string of the molecule is Cc1nn(C)c(Cl)c1S(=O)(=O)N1CCC(N2C(=O)OC3Cc4ccccc4C32)CC1. The van der Waals surface area contributed by atoms with Crippen molar-refractivity contribution in [3.63, 3.8) is 0 Å². The molecule has 160 valence electrons. The molecule has 3 aliphatic rings. The fourth-order valence-corrected chi connectivity index (χ4v) is 7.22. The van der Waals surface area contributed by atoms with Gasteiger partial charge in [-0.3, -0.25) is 9.58 Å². The summed E-state index contributed by atoms with van der Waals surface area (Å²) < 4.78 is 34.8. The Bertz CT molecular complexity index is 1120. The van der Waals surface area contributed by atoms with E-state index in [1.54, 1.807) is 14.0 Å². The summed E-state index contributed by atoms with van der Waals surface area (Å²) in [6.45, 7) is 2.28. The third kappa shape index (κ3) is 2.86. The number of hydrogen-bond donors (Lipinski definition) is 0. The second kappa shape index (κ2) is 6.96. The topological polar surface area (TPSA) is 84.7 Å². The Kier molecular flexibility index (Phi) is 4.61. The van der Waals surface area contributed by atoms with Crippen LogP contribution in [0.5, 0.6) is 0 Å². The first-order valence-electron chi connectivity index (χ1n) is 10.0. The molecule has 0 saturated carbocycles. The molecule has 1 aromatic carbocycles. The molecule has 1 aliphatic carbocycles. The van der Waals surface area contributed by atoms with Gasteiger partial charge in [0, 0.05) is 32.6 Å². The lowest BCUT2D eigenvalue weighted by molar-refractivity contribution is 0.119. The van der Waals surface area contributed by atoms with Crippen LogP contribution in [-0.2, 0) is 28.2 Å². The predicted octanol–water partition coefficient (Wildman–Crippen LogP) is 2.65. The summed E-state index contributed by atoms with van der Waals surface area (Å²) in [6.07, 6.45) is 1.38. The number of benzene rings is 1. The monoisotopic (exact) mass is 450 g/mol. The highest BCUT2D eigenvalue weighted by Gasteiger charge is 2.50. The fraction of sp³-hybridized carbons (Fsp3) is 0.500. The van der Waals surface area contributed by atoms with E-state index in [0.29, 0.717) is 31.6 Å². The number of amides is 1. The first-order chi connectivity index (χ1) is 14.3. The zero-order chi connectivity index (χ0) is 21.2. The molecule has 5 rings (SSSR count). The third-order valence-electron chi connectivity index (χ3n) is 6.42. The van der Waals surface area contributed by atoms with Gasteiger partial charge >= 0.3 is 6.09 Å². The fourth-order valence-electron chi connectivity index (χ4n) is 5.05. The molecule has 2 atom stereocenters. The van der Waals surface area contributed by atoms with Gasteiger partial charge in [0.25, 0.3) is 0 Å². The Morgan fingerprint density at radius 2 is 1.90 bits per heavy atom. The Labute approximate surface area is 180 Å². The van der Waals surface area contributed by atoms with E-state index in [0.717, 1.165) is 12.0 Å². The molecule has 1 amide bonds. The summed E-state index contributed by atoms with van der Waals surface area (Å²) in [5.74, 6) is 0. The molecule has 2 unspecified atom stereocenters. The van der Waals surface area contributed by atoms with Crippen LogP contribution in [0.15, 0.2) is 29.2 Å². The van der Waals surface area contributed by atoms with Crippen LogP contribution in [0.3, 0.4) is 0 Å². The lowest BCUT2D eigenvalue weighted by Gasteiger charge is -2.37. The molecule has 3 heterocycles. The molecule has 1 aromatic heterocycles. The van der Waals surface area contributed by atoms with Crippen molar-refractivity contribution in [1.82, 2.24) is 19.0 Å². The van der Waals surface area contributed by atoms with Gasteiger partial charge in [-0.1, -0.05) is 35.9 Å². The number of nitrogens with zero attached hydrogens (tertiary/aromatic N) is 4. The minimum Gasteiger partial charge on any atom is -0.443 e. The van der Waals surface area contributed by atoms with Gasteiger partial charge in [-0.25, -0.2) is 13.2 Å². The molecule has 30 heavy (non-hydrogen) atoms. The first-order valence-corrected chi connectivity index (χ1v) is 11.9. The molecule has 0 spiro atoms. The smallest absolute Gasteiger partial charge is 0.411 e. The van der Waals surface area contributed by atoms with Gasteiger partial charge in [0.1, 0.15) is 16.2 Å². The number of hydrogen-bond acceptors (Lipinski definition) is 5. The molecule has 2 aromatic rings. The van der Waals surface area contributed by atoms with Crippen LogP contribution in [0, 0.1) is 6.92 Å². The first kappa shape index (κ1) is 19.8. The zero-order valence-corrected chi connectivity index (χ0v) is 18.4. The number of rotatable bonds is 3. The van der Waals surface area contributed by atoms with Gasteiger partial charge < -0.3 is 4.74 Å². The highest BCUT2D eigenvalue weighted by molar-refractivity contribution is 7.89. The van der Waals surface area contributed by atoms with Crippen molar-refractivity contribution in [3.8, 4) is 0 Å². The van der Waals surface area contributed by atoms with Gasteiger partial charge in [-0.2, -0.15) is 9.40 Å². The minimum atomic E-state index is -3.75. The van der Waals surface area contributed by atoms with E-state index in [-0.39, 0.29) is 34.3 Å². The Morgan fingerprint density at radius 1 is 1.20 bits per heavy atom. The van der Waals surface area contributed by atoms with Gasteiger partial charge in [0.05, 0.1) is 11.7 Å². The van der Waals surface area contributed by atoms with Crippen LogP contribution in [0.25, 0.3) is 0 Å². The van der Waals surface area contributed by atoms with Gasteiger partial charge in [-0.15, -0.1) is 0 Å². The standard InChI is InChI=1S/C20H23ClN4O4S/c1-12-18(19(21)23(2)22-12)30(27,28)24-9-7-14(8-10-24)25-17-15-6-4-3-5-13(15)11-16(17)29-20(25)26/h3-6,14,16-17H,7-11H2,1-2H3. The van der Waals surface area contributed by atoms with Crippen molar-refractivity contribution in [1.29, 1.82) is 0 Å². The van der Waals surface area contributed by atoms with Crippen molar-refractivity contribution >= 4 is 27.7 Å². The van der Waals surface area contributed by atoms with Crippen LogP contribution in [0.4, 0.5) is 4.79 Å². The summed E-state index contributed by atoms with van der Waals surface area (Å²) in [7, 11) is -2.13. The number of ether oxygens (including phenoxy) is 1. The molecule has 2 aliphatic heterocycles. The van der Waals surface area contributed by atoms with E-state index in [9.17, 15) is 13.2 Å². The average molecular weight is 451 g/mol. The number of carbonyl (C=O) groups excluding carboxylic acids is 1. The molecule has 8 nitrogen and oxygen atoms in total. The molecule has 10 heteroatoms. The van der Waals surface area contributed by atoms with Gasteiger partial charge in [0.15, 0.2) is 0 Å². The van der Waals surface area contributed by atoms with E-state index in [1.165, 1.54) is 14.6 Å². The summed E-state index contributed by atoms with van der Waals surface area (Å²) in [4.78, 5) is 14.5. The molecule has 0 bridgehead atoms. The molecular formula is C20H23ClN4O4S. The number of carbonyl (C=O) groups is 1. The number of sulfonamides is 1. The van der Waals surface area contributed by atoms with E-state index in [4.69, 9.17) is 16.3 Å². The molecule has 0 N–H and O–H groups in total. The summed E-state index contributed by atoms with van der Waals surface area (Å²) in [6, 6.07) is 7.97. The maximum absolute atomic E-state index is 13.2. The molecule has 2 saturated heterocycles. The van der Waals surface area contributed by atoms with Crippen LogP contribution in [0.1, 0.15) is 35.7 Å². The zero-order valence-electron chi connectivity index (χ0n) is 16.8. The molecular weight excluding hydrogens is 428 g/mol. The van der Waals surface area contributed by atoms with Crippen LogP contribution in [0.2, 0.25) is 5.15 Å². The van der Waals surface area contributed by atoms with Crippen molar-refractivity contribution in [2.75, 3.05) is 13.1 Å². The highest BCUT2D eigenvalue weighted by Crippen LogP contribution is 2.45. The van der Waals surface area contributed by atoms with Crippen LogP contribution >= 0.6 is 11.6 Å². The second-order valence-corrected chi connectivity index (χ2v) is 10.4. The maximum Gasteiger partial charge on any atom is 0.411 e. The maximum atomic E-state index is 13.2. The summed E-state index contributed by atoms with van der Waals surface area (Å²) >= 11 is 6.20. The lowest BCUT2D eigenvalue weighted by Crippen LogP contribution is -2.47. The summed E-state index contributed by atoms with van der Waals surface area (Å²) in [5, 5.41) is 4.24. The largest absolute Gasteiger partial charge is 0.443 e. The number of fused-ring (bicyclic) bond motifs is 3. The molecule has 0 radical (unpaired) electrons. The van der Waals surface area contributed by atoms with Crippen molar-refractivity contribution in [2.24, 2.45) is 7.05 Å². The van der Waals surface area contributed by atoms with E-state index >= 15 is 0 Å².